The van der Waals surface area contributed by atoms with Crippen LogP contribution in [-0.4, -0.2) is 19.6 Å². The number of ether oxygens (including phenoxy) is 2. The van der Waals surface area contributed by atoms with E-state index in [1.165, 1.54) is 13.2 Å². The fourth-order valence-corrected chi connectivity index (χ4v) is 2.63. The first kappa shape index (κ1) is 16.8. The fraction of sp³-hybridized carbons (Fsp3) is 0.211. The van der Waals surface area contributed by atoms with Gasteiger partial charge in [-0.15, -0.1) is 0 Å². The number of methoxy groups -OCH3 is 1. The van der Waals surface area contributed by atoms with Crippen molar-refractivity contribution in [2.75, 3.05) is 19.0 Å². The molecule has 0 radical (unpaired) electrons. The molecule has 0 bridgehead atoms. The van der Waals surface area contributed by atoms with Crippen LogP contribution in [0.15, 0.2) is 40.8 Å². The van der Waals surface area contributed by atoms with Gasteiger partial charge in [0.05, 0.1) is 13.7 Å². The molecule has 3 aromatic rings. The third-order valence-electron chi connectivity index (χ3n) is 3.84. The summed E-state index contributed by atoms with van der Waals surface area (Å²) >= 11 is 0. The Morgan fingerprint density at radius 2 is 2.04 bits per heavy atom. The molecule has 5 nitrogen and oxygen atoms in total. The van der Waals surface area contributed by atoms with Gasteiger partial charge in [-0.3, -0.25) is 4.79 Å². The van der Waals surface area contributed by atoms with Gasteiger partial charge in [0.25, 0.3) is 5.91 Å². The lowest BCUT2D eigenvalue weighted by Gasteiger charge is -2.11. The summed E-state index contributed by atoms with van der Waals surface area (Å²) < 4.78 is 30.0. The second-order valence-electron chi connectivity index (χ2n) is 5.43. The molecule has 130 valence electrons. The number of hydrogen-bond acceptors (Lipinski definition) is 4. The molecule has 0 aliphatic rings. The second kappa shape index (κ2) is 6.84. The smallest absolute Gasteiger partial charge is 0.291 e. The minimum atomic E-state index is -0.498. The number of hydrogen-bond donors (Lipinski definition) is 1. The van der Waals surface area contributed by atoms with Crippen LogP contribution < -0.4 is 14.8 Å². The highest BCUT2D eigenvalue weighted by Crippen LogP contribution is 2.31. The first-order valence-corrected chi connectivity index (χ1v) is 7.85. The number of aryl methyl sites for hydroxylation is 1. The topological polar surface area (TPSA) is 60.7 Å². The Morgan fingerprint density at radius 1 is 1.24 bits per heavy atom. The number of carbonyl (C=O) groups is 1. The average Bonchev–Trinajstić information content (AvgIpc) is 2.95. The number of carbonyl (C=O) groups excluding carboxylic acids is 1. The molecule has 3 rings (SSSR count). The number of fused-ring (bicyclic) bond motifs is 1. The first-order chi connectivity index (χ1) is 12.0. The molecule has 1 aromatic heterocycles. The molecule has 1 N–H and O–H groups in total. The molecule has 0 saturated carbocycles. The third kappa shape index (κ3) is 3.15. The van der Waals surface area contributed by atoms with E-state index in [1.54, 1.807) is 37.3 Å². The number of anilines is 1. The highest BCUT2D eigenvalue weighted by molar-refractivity contribution is 6.06. The molecule has 0 fully saturated rings. The summed E-state index contributed by atoms with van der Waals surface area (Å²) in [5.74, 6) is 0.215. The number of amides is 1. The molecule has 0 saturated heterocycles. The number of nitrogens with one attached hydrogen (secondary N) is 1. The van der Waals surface area contributed by atoms with E-state index < -0.39 is 11.7 Å². The fourth-order valence-electron chi connectivity index (χ4n) is 2.63. The number of furan rings is 1. The largest absolute Gasteiger partial charge is 0.493 e. The van der Waals surface area contributed by atoms with Crippen LogP contribution in [0.3, 0.4) is 0 Å². The van der Waals surface area contributed by atoms with Gasteiger partial charge in [-0.2, -0.15) is 0 Å². The van der Waals surface area contributed by atoms with E-state index in [-0.39, 0.29) is 11.3 Å². The van der Waals surface area contributed by atoms with Crippen molar-refractivity contribution < 1.29 is 23.1 Å². The summed E-state index contributed by atoms with van der Waals surface area (Å²) in [5, 5.41) is 3.31. The quantitative estimate of drug-likeness (QED) is 0.739. The van der Waals surface area contributed by atoms with Crippen molar-refractivity contribution in [2.24, 2.45) is 0 Å². The van der Waals surface area contributed by atoms with Gasteiger partial charge >= 0.3 is 0 Å². The van der Waals surface area contributed by atoms with Crippen LogP contribution in [0.5, 0.6) is 11.5 Å². The summed E-state index contributed by atoms with van der Waals surface area (Å²) in [5.41, 5.74) is 1.19. The van der Waals surface area contributed by atoms with Gasteiger partial charge in [0.15, 0.2) is 28.7 Å². The van der Waals surface area contributed by atoms with Gasteiger partial charge in [0, 0.05) is 22.7 Å². The standard InChI is InChI=1S/C19H18FNO4/c1-4-24-15-9-8-12(10-16(15)23-3)21-19(22)17-11(2)13-6-5-7-14(20)18(13)25-17/h5-10H,4H2,1-3H3,(H,21,22). The maximum atomic E-state index is 13.8. The summed E-state index contributed by atoms with van der Waals surface area (Å²) in [4.78, 5) is 12.5. The number of rotatable bonds is 5. The van der Waals surface area contributed by atoms with Crippen molar-refractivity contribution in [3.05, 3.63) is 53.5 Å². The van der Waals surface area contributed by atoms with Gasteiger partial charge in [0.1, 0.15) is 0 Å². The second-order valence-corrected chi connectivity index (χ2v) is 5.43. The lowest BCUT2D eigenvalue weighted by molar-refractivity contribution is 0.0997. The van der Waals surface area contributed by atoms with E-state index in [2.05, 4.69) is 5.32 Å². The molecule has 0 spiro atoms. The van der Waals surface area contributed by atoms with E-state index in [0.29, 0.717) is 34.7 Å². The van der Waals surface area contributed by atoms with Crippen molar-refractivity contribution in [1.29, 1.82) is 0 Å². The van der Waals surface area contributed by atoms with E-state index in [4.69, 9.17) is 13.9 Å². The summed E-state index contributed by atoms with van der Waals surface area (Å²) in [7, 11) is 1.52. The van der Waals surface area contributed by atoms with Crippen LogP contribution in [0.4, 0.5) is 10.1 Å². The van der Waals surface area contributed by atoms with Crippen molar-refractivity contribution in [3.63, 3.8) is 0 Å². The molecule has 2 aromatic carbocycles. The maximum Gasteiger partial charge on any atom is 0.291 e. The molecular formula is C19H18FNO4. The highest BCUT2D eigenvalue weighted by atomic mass is 19.1. The van der Waals surface area contributed by atoms with Crippen molar-refractivity contribution in [3.8, 4) is 11.5 Å². The van der Waals surface area contributed by atoms with Crippen LogP contribution in [0.25, 0.3) is 11.0 Å². The zero-order valence-corrected chi connectivity index (χ0v) is 14.2. The zero-order valence-electron chi connectivity index (χ0n) is 14.2. The van der Waals surface area contributed by atoms with E-state index in [0.717, 1.165) is 0 Å². The van der Waals surface area contributed by atoms with Crippen LogP contribution in [0.1, 0.15) is 23.0 Å². The number of halogens is 1. The summed E-state index contributed by atoms with van der Waals surface area (Å²) in [6.07, 6.45) is 0. The van der Waals surface area contributed by atoms with Crippen molar-refractivity contribution >= 4 is 22.6 Å². The summed E-state index contributed by atoms with van der Waals surface area (Å²) in [6, 6.07) is 9.66. The molecule has 1 heterocycles. The zero-order chi connectivity index (χ0) is 18.0. The Kier molecular flexibility index (Phi) is 4.61. The first-order valence-electron chi connectivity index (χ1n) is 7.85. The number of para-hydroxylation sites is 1. The lowest BCUT2D eigenvalue weighted by atomic mass is 10.1. The van der Waals surface area contributed by atoms with Crippen LogP contribution in [-0.2, 0) is 0 Å². The third-order valence-corrected chi connectivity index (χ3v) is 3.84. The Hall–Kier alpha value is -3.02. The molecule has 0 atom stereocenters. The average molecular weight is 343 g/mol. The van der Waals surface area contributed by atoms with Crippen LogP contribution in [0.2, 0.25) is 0 Å². The van der Waals surface area contributed by atoms with Gasteiger partial charge in [0.2, 0.25) is 0 Å². The van der Waals surface area contributed by atoms with Gasteiger partial charge in [-0.05, 0) is 32.0 Å². The Labute approximate surface area is 144 Å². The molecular weight excluding hydrogens is 325 g/mol. The van der Waals surface area contributed by atoms with Gasteiger partial charge in [-0.1, -0.05) is 12.1 Å². The molecule has 6 heteroatoms. The highest BCUT2D eigenvalue weighted by Gasteiger charge is 2.20. The molecule has 0 aliphatic carbocycles. The van der Waals surface area contributed by atoms with Gasteiger partial charge < -0.3 is 19.2 Å². The number of benzene rings is 2. The predicted molar refractivity (Wildman–Crippen MR) is 93.0 cm³/mol. The molecule has 25 heavy (non-hydrogen) atoms. The monoisotopic (exact) mass is 343 g/mol. The van der Waals surface area contributed by atoms with E-state index in [9.17, 15) is 9.18 Å². The summed E-state index contributed by atoms with van der Waals surface area (Å²) in [6.45, 7) is 4.10. The SMILES string of the molecule is CCOc1ccc(NC(=O)c2oc3c(F)cccc3c2C)cc1OC. The lowest BCUT2D eigenvalue weighted by Crippen LogP contribution is -2.12. The Balaban J connectivity index is 1.90. The normalized spacial score (nSPS) is 10.7. The maximum absolute atomic E-state index is 13.8. The van der Waals surface area contributed by atoms with Crippen LogP contribution >= 0.6 is 0 Å². The molecule has 0 unspecified atom stereocenters. The molecule has 1 amide bonds. The van der Waals surface area contributed by atoms with Crippen molar-refractivity contribution in [2.45, 2.75) is 13.8 Å². The Bertz CT molecular complexity index is 933. The van der Waals surface area contributed by atoms with Gasteiger partial charge in [-0.25, -0.2) is 4.39 Å². The predicted octanol–water partition coefficient (Wildman–Crippen LogP) is 4.54. The Morgan fingerprint density at radius 3 is 2.72 bits per heavy atom. The van der Waals surface area contributed by atoms with E-state index in [1.807, 2.05) is 6.92 Å². The molecule has 0 aliphatic heterocycles. The van der Waals surface area contributed by atoms with Crippen molar-refractivity contribution in [1.82, 2.24) is 0 Å². The minimum Gasteiger partial charge on any atom is -0.493 e. The minimum absolute atomic E-state index is 0.0768. The van der Waals surface area contributed by atoms with Crippen LogP contribution in [0, 0.1) is 12.7 Å². The van der Waals surface area contributed by atoms with E-state index >= 15 is 0 Å².